The van der Waals surface area contributed by atoms with Gasteiger partial charge in [0.2, 0.25) is 0 Å². The molecule has 0 aromatic carbocycles. The predicted molar refractivity (Wildman–Crippen MR) is 296 cm³/mol. The third-order valence-electron chi connectivity index (χ3n) is 13.9. The molecule has 95 heavy (non-hydrogen) atoms. The molecule has 1 saturated carbocycles. The third kappa shape index (κ3) is 21.1. The van der Waals surface area contributed by atoms with E-state index in [0.717, 1.165) is 69.2 Å². The van der Waals surface area contributed by atoms with Crippen LogP contribution in [0.3, 0.4) is 0 Å². The Labute approximate surface area is 534 Å². The summed E-state index contributed by atoms with van der Waals surface area (Å²) >= 11 is 0. The Bertz CT molecular complexity index is 3150. The zero-order chi connectivity index (χ0) is 70.4. The molecule has 0 aromatic rings. The molecule has 5 aliphatic rings. The fourth-order valence-electron chi connectivity index (χ4n) is 10.8. The molecule has 0 aromatic heterocycles. The summed E-state index contributed by atoms with van der Waals surface area (Å²) in [5.74, 6) is -10.5. The van der Waals surface area contributed by atoms with Crippen LogP contribution in [0.2, 0.25) is 0 Å². The lowest BCUT2D eigenvalue weighted by atomic mass is 9.83. The number of hydrogen-bond acceptors (Lipinski definition) is 34. The van der Waals surface area contributed by atoms with Crippen LogP contribution >= 0.6 is 0 Å². The molecule has 1 aliphatic carbocycles. The minimum Gasteiger partial charge on any atom is -0.463 e. The standard InChI is InChI=1S/C49H64N18O28/c1-16(68)78-14-30-38(83-20(5)72)43(86-23(8)75)45(88-25(10)77)48(91-30)79-15-31-39(94-47-33(61-67-55)41(85-22(7)74)37(82-19(4)71)29(90-47)13-57-63-51)44(87-24(9)76)49(92-31)95-42-34(80-17(2)69)26(58-64-52)11-27(59-65-53)35(42)93-46-32(60-66-54)40(84-21(6)73)36(81-18(3)70)28(89-46)12-56-62-50/h26-49H,11-15H2,1-10H3/t26-,27?,28?,29+,30?,31-,32?,33?,34?,35-,36-,37-,38-,39+,40-,41?,42-,43+,44?,45?,46-,47+,48-,49+/m1/s1. The van der Waals surface area contributed by atoms with Gasteiger partial charge in [0.15, 0.2) is 74.0 Å². The lowest BCUT2D eigenvalue weighted by Gasteiger charge is -2.48. The number of nitrogens with zero attached hydrogens (tertiary/aromatic N) is 18. The highest BCUT2D eigenvalue weighted by molar-refractivity contribution is 5.70. The number of azide groups is 6. The summed E-state index contributed by atoms with van der Waals surface area (Å²) < 4.78 is 106. The van der Waals surface area contributed by atoms with Crippen molar-refractivity contribution in [1.29, 1.82) is 0 Å². The molecule has 4 heterocycles. The van der Waals surface area contributed by atoms with E-state index in [2.05, 4.69) is 60.2 Å². The van der Waals surface area contributed by atoms with Crippen LogP contribution in [0, 0.1) is 0 Å². The Kier molecular flexibility index (Phi) is 28.8. The van der Waals surface area contributed by atoms with Gasteiger partial charge < -0.3 is 85.3 Å². The van der Waals surface area contributed by atoms with Gasteiger partial charge in [0.05, 0.1) is 37.9 Å². The van der Waals surface area contributed by atoms with Crippen LogP contribution < -0.4 is 0 Å². The molecule has 9 unspecified atom stereocenters. The summed E-state index contributed by atoms with van der Waals surface area (Å²) in [5, 5.41) is 22.0. The molecule has 0 spiro atoms. The van der Waals surface area contributed by atoms with Crippen LogP contribution in [-0.4, -0.2) is 233 Å². The Balaban J connectivity index is 1.81. The van der Waals surface area contributed by atoms with Crippen molar-refractivity contribution in [2.24, 2.45) is 30.7 Å². The largest absolute Gasteiger partial charge is 0.463 e. The van der Waals surface area contributed by atoms with Gasteiger partial charge in [-0.3, -0.25) is 47.9 Å². The molecule has 518 valence electrons. The van der Waals surface area contributed by atoms with Gasteiger partial charge in [-0.25, -0.2) is 0 Å². The molecule has 0 radical (unpaired) electrons. The fraction of sp³-hybridized carbons (Fsp3) is 0.796. The molecule has 46 nitrogen and oxygen atoms in total. The number of carbonyl (C=O) groups is 10. The molecule has 0 bridgehead atoms. The van der Waals surface area contributed by atoms with Crippen molar-refractivity contribution in [3.05, 3.63) is 62.7 Å². The third-order valence-corrected chi connectivity index (χ3v) is 13.9. The first-order chi connectivity index (χ1) is 45.1. The SMILES string of the molecule is CC(=O)OCC1O[C@@H](OC[C@H]2O[C@@H](O[C@@H]3C(OC(C)=O)[C@H](N=[N+]=[N-])CC(N=[N+]=[N-])[C@H]3O[C@H]3OC(CN=[N+]=[N-])[C@@H](OC(C)=O)[C@H](OC(C)=O)C3N=[N+]=[N-])C(OC(C)=O)[C@H]2O[C@@H]2O[C@@H](CN=[N+]=[N-])[C@@H](OC(C)=O)C(OC(C)=O)C2N=[N+]=[N-])C(OC(C)=O)[C@@H](OC(C)=O)[C@@H]1OC(C)=O. The van der Waals surface area contributed by atoms with Gasteiger partial charge in [-0.2, -0.15) is 0 Å². The first kappa shape index (κ1) is 76.0. The minimum atomic E-state index is -2.28. The van der Waals surface area contributed by atoms with Crippen LogP contribution in [0.5, 0.6) is 0 Å². The predicted octanol–water partition coefficient (Wildman–Crippen LogP) is 2.75. The number of esters is 10. The van der Waals surface area contributed by atoms with Gasteiger partial charge in [-0.1, -0.05) is 30.7 Å². The Morgan fingerprint density at radius 3 is 1.06 bits per heavy atom. The number of rotatable bonds is 28. The monoisotopic (exact) mass is 1350 g/mol. The summed E-state index contributed by atoms with van der Waals surface area (Å²) in [5.41, 5.74) is 58.8. The zero-order valence-electron chi connectivity index (χ0n) is 51.9. The summed E-state index contributed by atoms with van der Waals surface area (Å²) in [4.78, 5) is 145. The molecule has 24 atom stereocenters. The molecule has 4 aliphatic heterocycles. The van der Waals surface area contributed by atoms with Gasteiger partial charge in [-0.05, 0) is 39.6 Å². The summed E-state index contributed by atoms with van der Waals surface area (Å²) in [6, 6.07) is -7.25. The highest BCUT2D eigenvalue weighted by atomic mass is 16.8. The highest BCUT2D eigenvalue weighted by Crippen LogP contribution is 2.42. The summed E-state index contributed by atoms with van der Waals surface area (Å²) in [6.45, 7) is 6.03. The van der Waals surface area contributed by atoms with E-state index in [1.165, 1.54) is 0 Å². The van der Waals surface area contributed by atoms with Gasteiger partial charge in [0, 0.05) is 98.7 Å². The highest BCUT2D eigenvalue weighted by Gasteiger charge is 2.61. The fourth-order valence-corrected chi connectivity index (χ4v) is 10.8. The molecular formula is C49H64N18O28. The average Bonchev–Trinajstić information content (AvgIpc) is 1.75. The smallest absolute Gasteiger partial charge is 0.303 e. The maximum absolute atomic E-state index is 13.6. The van der Waals surface area contributed by atoms with Crippen molar-refractivity contribution in [2.45, 2.75) is 223 Å². The molecular weight excluding hydrogens is 1290 g/mol. The van der Waals surface area contributed by atoms with Crippen molar-refractivity contribution in [3.63, 3.8) is 0 Å². The lowest BCUT2D eigenvalue weighted by molar-refractivity contribution is -0.319. The van der Waals surface area contributed by atoms with Crippen molar-refractivity contribution in [1.82, 2.24) is 0 Å². The number of hydrogen-bond donors (Lipinski definition) is 0. The molecule has 46 heteroatoms. The average molecular weight is 1350 g/mol. The molecule has 4 saturated heterocycles. The second kappa shape index (κ2) is 36.1. The van der Waals surface area contributed by atoms with Gasteiger partial charge >= 0.3 is 59.7 Å². The van der Waals surface area contributed by atoms with E-state index in [1.807, 2.05) is 0 Å². The lowest BCUT2D eigenvalue weighted by Crippen LogP contribution is -2.65. The van der Waals surface area contributed by atoms with Gasteiger partial charge in [-0.15, -0.1) is 0 Å². The quantitative estimate of drug-likeness (QED) is 0.0357. The second-order valence-corrected chi connectivity index (χ2v) is 20.8. The van der Waals surface area contributed by atoms with Crippen LogP contribution in [-0.2, 0) is 133 Å². The second-order valence-electron chi connectivity index (χ2n) is 20.8. The first-order valence-electron chi connectivity index (χ1n) is 28.2. The molecule has 5 fully saturated rings. The topological polar surface area (TPSA) is 629 Å². The Morgan fingerprint density at radius 2 is 0.653 bits per heavy atom. The van der Waals surface area contributed by atoms with E-state index in [4.69, 9.17) is 85.3 Å². The van der Waals surface area contributed by atoms with Crippen LogP contribution in [0.15, 0.2) is 30.7 Å². The minimum absolute atomic E-state index is 0.604. The number of carbonyl (C=O) groups excluding carboxylic acids is 10. The van der Waals surface area contributed by atoms with E-state index in [9.17, 15) is 81.1 Å². The molecule has 5 rings (SSSR count). The van der Waals surface area contributed by atoms with Crippen LogP contribution in [0.1, 0.15) is 75.7 Å². The Hall–Kier alpha value is -9.76. The van der Waals surface area contributed by atoms with Gasteiger partial charge in [0.1, 0.15) is 61.4 Å². The summed E-state index contributed by atoms with van der Waals surface area (Å²) in [6.07, 6.45) is -39.1. The van der Waals surface area contributed by atoms with E-state index in [0.29, 0.717) is 0 Å². The maximum atomic E-state index is 13.6. The Morgan fingerprint density at radius 1 is 0.326 bits per heavy atom. The normalized spacial score (nSPS) is 33.7. The van der Waals surface area contributed by atoms with E-state index in [-0.39, 0.29) is 0 Å². The first-order valence-corrected chi connectivity index (χ1v) is 28.2. The van der Waals surface area contributed by atoms with E-state index in [1.54, 1.807) is 0 Å². The molecule has 0 amide bonds. The van der Waals surface area contributed by atoms with E-state index >= 15 is 0 Å². The van der Waals surface area contributed by atoms with Crippen LogP contribution in [0.25, 0.3) is 62.7 Å². The van der Waals surface area contributed by atoms with Crippen molar-refractivity contribution in [3.8, 4) is 0 Å². The van der Waals surface area contributed by atoms with E-state index < -0.39 is 239 Å². The van der Waals surface area contributed by atoms with Crippen molar-refractivity contribution in [2.75, 3.05) is 26.3 Å². The number of ether oxygens (including phenoxy) is 18. The summed E-state index contributed by atoms with van der Waals surface area (Å²) in [7, 11) is 0. The molecule has 0 N–H and O–H groups in total. The zero-order valence-corrected chi connectivity index (χ0v) is 51.9. The van der Waals surface area contributed by atoms with Crippen molar-refractivity contribution < 1.29 is 133 Å². The van der Waals surface area contributed by atoms with Gasteiger partial charge in [0.25, 0.3) is 0 Å². The van der Waals surface area contributed by atoms with Crippen LogP contribution in [0.4, 0.5) is 0 Å². The van der Waals surface area contributed by atoms with Crippen molar-refractivity contribution >= 4 is 59.7 Å². The maximum Gasteiger partial charge on any atom is 0.303 e.